The number of amidine groups is 1. The Kier molecular flexibility index (Phi) is 3.60. The van der Waals surface area contributed by atoms with Gasteiger partial charge in [-0.2, -0.15) is 0 Å². The van der Waals surface area contributed by atoms with E-state index in [4.69, 9.17) is 10.9 Å². The Labute approximate surface area is 109 Å². The summed E-state index contributed by atoms with van der Waals surface area (Å²) in [4.78, 5) is 18.3. The third kappa shape index (κ3) is 3.25. The number of hydrogen-bond donors (Lipinski definition) is 3. The maximum atomic E-state index is 11.3. The normalized spacial score (nSPS) is 17.7. The summed E-state index contributed by atoms with van der Waals surface area (Å²) in [5.74, 6) is 1.08. The molecule has 7 heteroatoms. The Morgan fingerprint density at radius 2 is 2.44 bits per heavy atom. The highest BCUT2D eigenvalue weighted by Gasteiger charge is 2.43. The molecule has 1 aliphatic rings. The zero-order chi connectivity index (χ0) is 13.2. The van der Waals surface area contributed by atoms with Crippen LogP contribution in [0, 0.1) is 12.3 Å². The molecule has 2 rings (SSSR count). The summed E-state index contributed by atoms with van der Waals surface area (Å²) in [7, 11) is 0. The molecular formula is C11H16N4O2S. The number of nitrogens with zero attached hydrogens (tertiary/aromatic N) is 2. The van der Waals surface area contributed by atoms with Crippen LogP contribution in [-0.4, -0.2) is 26.8 Å². The van der Waals surface area contributed by atoms with E-state index in [-0.39, 0.29) is 16.8 Å². The van der Waals surface area contributed by atoms with Crippen molar-refractivity contribution in [3.05, 3.63) is 22.1 Å². The summed E-state index contributed by atoms with van der Waals surface area (Å²) in [6.07, 6.45) is 2.71. The molecule has 1 heterocycles. The number of H-pyrrole nitrogens is 1. The zero-order valence-corrected chi connectivity index (χ0v) is 11.0. The highest BCUT2D eigenvalue weighted by molar-refractivity contribution is 7.99. The largest absolute Gasteiger partial charge is 0.409 e. The van der Waals surface area contributed by atoms with Crippen LogP contribution < -0.4 is 11.3 Å². The fraction of sp³-hybridized carbons (Fsp3) is 0.545. The van der Waals surface area contributed by atoms with E-state index in [2.05, 4.69) is 15.1 Å². The first-order chi connectivity index (χ1) is 8.53. The molecule has 1 fully saturated rings. The average molecular weight is 268 g/mol. The SMILES string of the molecule is Cc1cc(=O)[nH]c(SCC2(CC(N)=NO)CC2)n1. The number of hydrogen-bond acceptors (Lipinski definition) is 5. The lowest BCUT2D eigenvalue weighted by atomic mass is 10.1. The zero-order valence-electron chi connectivity index (χ0n) is 10.1. The van der Waals surface area contributed by atoms with Gasteiger partial charge in [0.15, 0.2) is 5.16 Å². The van der Waals surface area contributed by atoms with Gasteiger partial charge in [-0.25, -0.2) is 4.98 Å². The molecule has 1 aromatic rings. The molecule has 6 nitrogen and oxygen atoms in total. The number of aryl methyl sites for hydroxylation is 1. The van der Waals surface area contributed by atoms with Crippen molar-refractivity contribution in [2.75, 3.05) is 5.75 Å². The van der Waals surface area contributed by atoms with Gasteiger partial charge >= 0.3 is 0 Å². The molecule has 0 unspecified atom stereocenters. The third-order valence-electron chi connectivity index (χ3n) is 3.00. The van der Waals surface area contributed by atoms with Crippen LogP contribution in [0.25, 0.3) is 0 Å². The molecule has 0 spiro atoms. The Morgan fingerprint density at radius 3 is 3.00 bits per heavy atom. The summed E-state index contributed by atoms with van der Waals surface area (Å²) in [5.41, 5.74) is 6.21. The van der Waals surface area contributed by atoms with Crippen molar-refractivity contribution in [1.82, 2.24) is 9.97 Å². The number of thioether (sulfide) groups is 1. The molecular weight excluding hydrogens is 252 g/mol. The van der Waals surface area contributed by atoms with Gasteiger partial charge in [-0.1, -0.05) is 16.9 Å². The van der Waals surface area contributed by atoms with Crippen LogP contribution in [0.4, 0.5) is 0 Å². The quantitative estimate of drug-likeness (QED) is 0.185. The Balaban J connectivity index is 1.97. The lowest BCUT2D eigenvalue weighted by molar-refractivity contribution is 0.315. The van der Waals surface area contributed by atoms with Crippen LogP contribution in [0.3, 0.4) is 0 Å². The van der Waals surface area contributed by atoms with Crippen molar-refractivity contribution in [2.45, 2.75) is 31.3 Å². The van der Waals surface area contributed by atoms with Crippen LogP contribution in [0.1, 0.15) is 25.0 Å². The van der Waals surface area contributed by atoms with Gasteiger partial charge in [0.1, 0.15) is 5.84 Å². The van der Waals surface area contributed by atoms with Crippen LogP contribution in [0.2, 0.25) is 0 Å². The Hall–Kier alpha value is -1.50. The van der Waals surface area contributed by atoms with Gasteiger partial charge < -0.3 is 15.9 Å². The number of aromatic amines is 1. The fourth-order valence-electron chi connectivity index (χ4n) is 1.81. The van der Waals surface area contributed by atoms with E-state index in [1.54, 1.807) is 6.92 Å². The van der Waals surface area contributed by atoms with Crippen LogP contribution >= 0.6 is 11.8 Å². The van der Waals surface area contributed by atoms with Gasteiger partial charge in [0, 0.05) is 23.9 Å². The van der Waals surface area contributed by atoms with Crippen LogP contribution in [0.5, 0.6) is 0 Å². The number of nitrogens with two attached hydrogens (primary N) is 1. The molecule has 1 aromatic heterocycles. The maximum absolute atomic E-state index is 11.3. The Morgan fingerprint density at radius 1 is 1.72 bits per heavy atom. The molecule has 0 saturated heterocycles. The van der Waals surface area contributed by atoms with Crippen molar-refractivity contribution in [1.29, 1.82) is 0 Å². The van der Waals surface area contributed by atoms with Gasteiger partial charge in [-0.15, -0.1) is 0 Å². The number of aromatic nitrogens is 2. The second-order valence-corrected chi connectivity index (χ2v) is 5.71. The molecule has 18 heavy (non-hydrogen) atoms. The molecule has 98 valence electrons. The summed E-state index contributed by atoms with van der Waals surface area (Å²) < 4.78 is 0. The topological polar surface area (TPSA) is 104 Å². The van der Waals surface area contributed by atoms with Crippen molar-refractivity contribution in [3.8, 4) is 0 Å². The standard InChI is InChI=1S/C11H16N4O2S/c1-7-4-9(16)14-10(13-7)18-6-11(2-3-11)5-8(12)15-17/h4,17H,2-3,5-6H2,1H3,(H2,12,15)(H,13,14,16). The highest BCUT2D eigenvalue weighted by Crippen LogP contribution is 2.51. The molecule has 0 aliphatic heterocycles. The monoisotopic (exact) mass is 268 g/mol. The second kappa shape index (κ2) is 5.01. The van der Waals surface area contributed by atoms with Gasteiger partial charge in [0.25, 0.3) is 5.56 Å². The maximum Gasteiger partial charge on any atom is 0.251 e. The molecule has 1 saturated carbocycles. The van der Waals surface area contributed by atoms with Gasteiger partial charge in [-0.05, 0) is 25.2 Å². The van der Waals surface area contributed by atoms with E-state index in [1.165, 1.54) is 17.8 Å². The average Bonchev–Trinajstić information content (AvgIpc) is 3.05. The van der Waals surface area contributed by atoms with Gasteiger partial charge in [-0.3, -0.25) is 4.79 Å². The van der Waals surface area contributed by atoms with Crippen molar-refractivity contribution in [2.24, 2.45) is 16.3 Å². The first-order valence-corrected chi connectivity index (χ1v) is 6.69. The lowest BCUT2D eigenvalue weighted by Gasteiger charge is -2.12. The summed E-state index contributed by atoms with van der Waals surface area (Å²) in [5, 5.41) is 12.2. The molecule has 0 atom stereocenters. The summed E-state index contributed by atoms with van der Waals surface area (Å²) in [6.45, 7) is 1.79. The van der Waals surface area contributed by atoms with E-state index in [1.807, 2.05) is 0 Å². The fourth-order valence-corrected chi connectivity index (χ4v) is 3.02. The minimum absolute atomic E-state index is 0.100. The van der Waals surface area contributed by atoms with Crippen LogP contribution in [-0.2, 0) is 0 Å². The molecule has 4 N–H and O–H groups in total. The van der Waals surface area contributed by atoms with Crippen molar-refractivity contribution < 1.29 is 5.21 Å². The predicted octanol–water partition coefficient (Wildman–Crippen LogP) is 1.09. The Bertz CT molecular complexity index is 522. The highest BCUT2D eigenvalue weighted by atomic mass is 32.2. The number of rotatable bonds is 5. The first kappa shape index (κ1) is 12.9. The van der Waals surface area contributed by atoms with Gasteiger partial charge in [0.2, 0.25) is 0 Å². The van der Waals surface area contributed by atoms with Crippen molar-refractivity contribution in [3.63, 3.8) is 0 Å². The number of nitrogens with one attached hydrogen (secondary N) is 1. The summed E-state index contributed by atoms with van der Waals surface area (Å²) in [6, 6.07) is 1.47. The molecule has 0 amide bonds. The number of oxime groups is 1. The minimum Gasteiger partial charge on any atom is -0.409 e. The predicted molar refractivity (Wildman–Crippen MR) is 70.0 cm³/mol. The van der Waals surface area contributed by atoms with E-state index in [0.29, 0.717) is 17.3 Å². The van der Waals surface area contributed by atoms with Gasteiger partial charge in [0.05, 0.1) is 0 Å². The van der Waals surface area contributed by atoms with E-state index in [0.717, 1.165) is 18.6 Å². The van der Waals surface area contributed by atoms with E-state index in [9.17, 15) is 4.79 Å². The molecule has 1 aliphatic carbocycles. The van der Waals surface area contributed by atoms with E-state index >= 15 is 0 Å². The first-order valence-electron chi connectivity index (χ1n) is 5.70. The smallest absolute Gasteiger partial charge is 0.251 e. The molecule has 0 aromatic carbocycles. The lowest BCUT2D eigenvalue weighted by Crippen LogP contribution is -2.19. The van der Waals surface area contributed by atoms with Crippen molar-refractivity contribution >= 4 is 17.6 Å². The second-order valence-electron chi connectivity index (χ2n) is 4.75. The van der Waals surface area contributed by atoms with Crippen LogP contribution in [0.15, 0.2) is 21.2 Å². The molecule has 0 radical (unpaired) electrons. The van der Waals surface area contributed by atoms with E-state index < -0.39 is 0 Å². The minimum atomic E-state index is -0.133. The summed E-state index contributed by atoms with van der Waals surface area (Å²) >= 11 is 1.51. The molecule has 0 bridgehead atoms. The third-order valence-corrected chi connectivity index (χ3v) is 4.23.